The fourth-order valence-corrected chi connectivity index (χ4v) is 3.88. The molecule has 3 atom stereocenters. The maximum atomic E-state index is 13.0. The Balaban J connectivity index is 2.16. The number of aromatic nitrogens is 1. The van der Waals surface area contributed by atoms with Crippen LogP contribution < -0.4 is 4.90 Å². The molecule has 2 heterocycles. The first-order valence-corrected chi connectivity index (χ1v) is 9.03. The number of nitrogens with one attached hydrogen (secondary N) is 2. The van der Waals surface area contributed by atoms with Crippen LogP contribution in [0, 0.1) is 19.8 Å². The maximum Gasteiger partial charge on any atom is 0.314 e. The molecule has 1 aromatic heterocycles. The van der Waals surface area contributed by atoms with Crippen LogP contribution in [0.5, 0.6) is 0 Å². The molecule has 0 bridgehead atoms. The summed E-state index contributed by atoms with van der Waals surface area (Å²) in [6.07, 6.45) is 1.72. The Kier molecular flexibility index (Phi) is 6.16. The lowest BCUT2D eigenvalue weighted by Crippen LogP contribution is -3.18. The number of hydrogen-bond acceptors (Lipinski definition) is 4. The maximum absolute atomic E-state index is 13.0. The summed E-state index contributed by atoms with van der Waals surface area (Å²) >= 11 is 0. The topological polar surface area (TPSA) is 80.7 Å². The number of H-pyrrole nitrogens is 1. The second-order valence-electron chi connectivity index (χ2n) is 6.97. The highest BCUT2D eigenvalue weighted by Gasteiger charge is 2.36. The van der Waals surface area contributed by atoms with Crippen molar-refractivity contribution in [3.05, 3.63) is 22.5 Å². The number of Topliss-reactive ketones (excluding diaryl/α,β-unsaturated/α-hetero) is 2. The zero-order chi connectivity index (χ0) is 18.7. The number of ether oxygens (including phenoxy) is 1. The lowest BCUT2D eigenvalue weighted by molar-refractivity contribution is -0.920. The van der Waals surface area contributed by atoms with Crippen LogP contribution in [0.15, 0.2) is 0 Å². The molecule has 1 aromatic rings. The van der Waals surface area contributed by atoms with E-state index in [1.54, 1.807) is 6.92 Å². The molecule has 1 aliphatic rings. The van der Waals surface area contributed by atoms with Crippen molar-refractivity contribution in [2.75, 3.05) is 19.7 Å². The molecule has 6 nitrogen and oxygen atoms in total. The van der Waals surface area contributed by atoms with Crippen LogP contribution in [0.3, 0.4) is 0 Å². The highest BCUT2D eigenvalue weighted by atomic mass is 16.5. The van der Waals surface area contributed by atoms with E-state index in [9.17, 15) is 14.4 Å². The van der Waals surface area contributed by atoms with E-state index in [0.29, 0.717) is 24.4 Å². The van der Waals surface area contributed by atoms with Crippen molar-refractivity contribution in [2.45, 2.75) is 53.5 Å². The SMILES string of the molecule is CCOC(=O)[C@H]1CCC[NH+]([C@@H](C)C(=O)c2[nH]c(C)c(C(C)=O)c2C)C1. The molecule has 138 valence electrons. The second kappa shape index (κ2) is 7.95. The summed E-state index contributed by atoms with van der Waals surface area (Å²) in [5, 5.41) is 0. The van der Waals surface area contributed by atoms with Gasteiger partial charge >= 0.3 is 5.97 Å². The first-order chi connectivity index (χ1) is 11.8. The number of likely N-dealkylation sites (tertiary alicyclic amines) is 1. The Bertz CT molecular complexity index is 677. The van der Waals surface area contributed by atoms with Gasteiger partial charge in [0, 0.05) is 11.3 Å². The summed E-state index contributed by atoms with van der Waals surface area (Å²) in [4.78, 5) is 41.0. The van der Waals surface area contributed by atoms with E-state index in [4.69, 9.17) is 4.74 Å². The molecule has 6 heteroatoms. The van der Waals surface area contributed by atoms with E-state index in [0.717, 1.165) is 35.5 Å². The highest BCUT2D eigenvalue weighted by Crippen LogP contribution is 2.20. The largest absolute Gasteiger partial charge is 0.466 e. The second-order valence-corrected chi connectivity index (χ2v) is 6.97. The minimum absolute atomic E-state index is 0.00684. The van der Waals surface area contributed by atoms with E-state index in [1.165, 1.54) is 6.92 Å². The molecule has 0 aliphatic carbocycles. The Hall–Kier alpha value is -1.95. The van der Waals surface area contributed by atoms with Gasteiger partial charge in [0.25, 0.3) is 0 Å². The third kappa shape index (κ3) is 4.00. The summed E-state index contributed by atoms with van der Waals surface area (Å²) in [5.74, 6) is -0.346. The fraction of sp³-hybridized carbons (Fsp3) is 0.632. The van der Waals surface area contributed by atoms with Crippen LogP contribution >= 0.6 is 0 Å². The zero-order valence-corrected chi connectivity index (χ0v) is 15.8. The van der Waals surface area contributed by atoms with Gasteiger partial charge in [0.15, 0.2) is 11.8 Å². The Labute approximate surface area is 148 Å². The van der Waals surface area contributed by atoms with Crippen molar-refractivity contribution < 1.29 is 24.0 Å². The number of piperidine rings is 1. The van der Waals surface area contributed by atoms with Gasteiger partial charge in [-0.05, 0) is 53.0 Å². The molecular formula is C19H29N2O4+. The number of rotatable bonds is 6. The first-order valence-electron chi connectivity index (χ1n) is 9.03. The summed E-state index contributed by atoms with van der Waals surface area (Å²) in [6.45, 7) is 10.7. The lowest BCUT2D eigenvalue weighted by atomic mass is 9.95. The van der Waals surface area contributed by atoms with Gasteiger partial charge in [0.05, 0.1) is 25.4 Å². The molecule has 2 N–H and O–H groups in total. The number of esters is 1. The molecule has 2 rings (SSSR count). The van der Waals surface area contributed by atoms with Crippen molar-refractivity contribution in [3.8, 4) is 0 Å². The van der Waals surface area contributed by atoms with E-state index in [2.05, 4.69) is 4.98 Å². The average molecular weight is 349 g/mol. The molecular weight excluding hydrogens is 320 g/mol. The monoisotopic (exact) mass is 349 g/mol. The van der Waals surface area contributed by atoms with E-state index < -0.39 is 0 Å². The predicted octanol–water partition coefficient (Wildman–Crippen LogP) is 1.26. The number of carbonyl (C=O) groups excluding carboxylic acids is 3. The molecule has 0 spiro atoms. The van der Waals surface area contributed by atoms with Gasteiger partial charge in [-0.2, -0.15) is 0 Å². The van der Waals surface area contributed by atoms with Crippen molar-refractivity contribution in [1.29, 1.82) is 0 Å². The average Bonchev–Trinajstić information content (AvgIpc) is 2.88. The van der Waals surface area contributed by atoms with Crippen molar-refractivity contribution in [1.82, 2.24) is 4.98 Å². The van der Waals surface area contributed by atoms with Crippen LogP contribution in [0.2, 0.25) is 0 Å². The predicted molar refractivity (Wildman–Crippen MR) is 94.1 cm³/mol. The van der Waals surface area contributed by atoms with Crippen LogP contribution in [-0.2, 0) is 9.53 Å². The molecule has 1 aliphatic heterocycles. The lowest BCUT2D eigenvalue weighted by Gasteiger charge is -2.32. The van der Waals surface area contributed by atoms with Gasteiger partial charge in [-0.15, -0.1) is 0 Å². The molecule has 25 heavy (non-hydrogen) atoms. The third-order valence-corrected chi connectivity index (χ3v) is 5.22. The smallest absolute Gasteiger partial charge is 0.314 e. The Morgan fingerprint density at radius 1 is 1.32 bits per heavy atom. The minimum atomic E-state index is -0.270. The Morgan fingerprint density at radius 2 is 2.00 bits per heavy atom. The third-order valence-electron chi connectivity index (χ3n) is 5.22. The standard InChI is InChI=1S/C19H28N2O4/c1-6-25-19(24)15-8-7-9-21(10-15)13(4)18(23)17-11(2)16(14(5)22)12(3)20-17/h13,15,20H,6-10H2,1-5H3/p+1/t13-,15-/m0/s1. The molecule has 0 saturated carbocycles. The molecule has 0 aromatic carbocycles. The number of aryl methyl sites for hydroxylation is 1. The molecule has 1 unspecified atom stereocenters. The molecule has 0 radical (unpaired) electrons. The van der Waals surface area contributed by atoms with Crippen LogP contribution in [0.25, 0.3) is 0 Å². The number of carbonyl (C=O) groups is 3. The fourth-order valence-electron chi connectivity index (χ4n) is 3.88. The number of quaternary nitrogens is 1. The van der Waals surface area contributed by atoms with Crippen molar-refractivity contribution >= 4 is 17.5 Å². The summed E-state index contributed by atoms with van der Waals surface area (Å²) in [6, 6.07) is -0.270. The van der Waals surface area contributed by atoms with E-state index in [-0.39, 0.29) is 29.5 Å². The first kappa shape index (κ1) is 19.4. The highest BCUT2D eigenvalue weighted by molar-refractivity contribution is 6.04. The normalized spacial score (nSPS) is 21.6. The van der Waals surface area contributed by atoms with Gasteiger partial charge in [0.2, 0.25) is 5.78 Å². The number of hydrogen-bond donors (Lipinski definition) is 2. The van der Waals surface area contributed by atoms with Gasteiger partial charge in [0.1, 0.15) is 5.92 Å². The van der Waals surface area contributed by atoms with Crippen molar-refractivity contribution in [3.63, 3.8) is 0 Å². The summed E-state index contributed by atoms with van der Waals surface area (Å²) in [5.41, 5.74) is 2.58. The van der Waals surface area contributed by atoms with Crippen molar-refractivity contribution in [2.24, 2.45) is 5.92 Å². The zero-order valence-electron chi connectivity index (χ0n) is 15.8. The van der Waals surface area contributed by atoms with E-state index in [1.807, 2.05) is 20.8 Å². The van der Waals surface area contributed by atoms with Gasteiger partial charge in [-0.25, -0.2) is 0 Å². The number of ketones is 2. The minimum Gasteiger partial charge on any atom is -0.466 e. The van der Waals surface area contributed by atoms with Gasteiger partial charge in [-0.1, -0.05) is 0 Å². The number of aromatic amines is 1. The molecule has 0 amide bonds. The van der Waals surface area contributed by atoms with Crippen LogP contribution in [0.1, 0.15) is 65.7 Å². The van der Waals surface area contributed by atoms with E-state index >= 15 is 0 Å². The van der Waals surface area contributed by atoms with Crippen LogP contribution in [0.4, 0.5) is 0 Å². The van der Waals surface area contributed by atoms with Crippen LogP contribution in [-0.4, -0.2) is 48.3 Å². The molecule has 1 saturated heterocycles. The van der Waals surface area contributed by atoms with Gasteiger partial charge in [-0.3, -0.25) is 14.4 Å². The molecule has 1 fully saturated rings. The van der Waals surface area contributed by atoms with Gasteiger partial charge < -0.3 is 14.6 Å². The summed E-state index contributed by atoms with van der Waals surface area (Å²) in [7, 11) is 0. The quantitative estimate of drug-likeness (QED) is 0.599. The summed E-state index contributed by atoms with van der Waals surface area (Å²) < 4.78 is 5.14. The Morgan fingerprint density at radius 3 is 2.56 bits per heavy atom.